The maximum absolute atomic E-state index is 13.5. The van der Waals surface area contributed by atoms with Crippen molar-refractivity contribution < 1.29 is 13.2 Å². The third-order valence-corrected chi connectivity index (χ3v) is 3.06. The zero-order valence-corrected chi connectivity index (χ0v) is 10.9. The van der Waals surface area contributed by atoms with E-state index >= 15 is 0 Å². The van der Waals surface area contributed by atoms with Crippen LogP contribution in [0.3, 0.4) is 0 Å². The van der Waals surface area contributed by atoms with E-state index < -0.39 is 17.5 Å². The minimum Gasteiger partial charge on any atom is -0.352 e. The molecule has 0 aliphatic carbocycles. The number of nitrogens with zero attached hydrogens (tertiary/aromatic N) is 1. The van der Waals surface area contributed by atoms with E-state index in [-0.39, 0.29) is 5.69 Å². The first-order valence-electron chi connectivity index (χ1n) is 5.13. The van der Waals surface area contributed by atoms with Gasteiger partial charge < -0.3 is 5.32 Å². The topological polar surface area (TPSA) is 35.8 Å². The molecule has 96 valence electrons. The number of hydrogen-bond donors (Lipinski definition) is 1. The zero-order chi connectivity index (χ0) is 14.0. The number of nitrogens with one attached hydrogen (secondary N) is 1. The van der Waals surface area contributed by atoms with Gasteiger partial charge in [-0.1, -0.05) is 0 Å². The lowest BCUT2D eigenvalue weighted by atomic mass is 10.2. The standard InChI is InChI=1S/C13H6BrF3N2/c14-8-5-7(6-18)1-3-10(8)19-11-4-2-9(15)12(16)13(11)17/h1-5,19H. The summed E-state index contributed by atoms with van der Waals surface area (Å²) in [7, 11) is 0. The van der Waals surface area contributed by atoms with Crippen LogP contribution in [0.2, 0.25) is 0 Å². The fourth-order valence-electron chi connectivity index (χ4n) is 1.45. The van der Waals surface area contributed by atoms with Crippen LogP contribution in [0.25, 0.3) is 0 Å². The molecule has 0 fully saturated rings. The van der Waals surface area contributed by atoms with Gasteiger partial charge in [-0.05, 0) is 46.3 Å². The Morgan fingerprint density at radius 1 is 1.00 bits per heavy atom. The van der Waals surface area contributed by atoms with E-state index in [4.69, 9.17) is 5.26 Å². The Kier molecular flexibility index (Phi) is 3.76. The molecule has 2 aromatic carbocycles. The zero-order valence-electron chi connectivity index (χ0n) is 9.35. The highest BCUT2D eigenvalue weighted by molar-refractivity contribution is 9.10. The number of nitriles is 1. The maximum Gasteiger partial charge on any atom is 0.196 e. The van der Waals surface area contributed by atoms with Gasteiger partial charge in [0.05, 0.1) is 23.0 Å². The molecule has 0 spiro atoms. The summed E-state index contributed by atoms with van der Waals surface area (Å²) in [4.78, 5) is 0. The first kappa shape index (κ1) is 13.4. The van der Waals surface area contributed by atoms with Crippen LogP contribution in [0.15, 0.2) is 34.8 Å². The molecule has 0 aromatic heterocycles. The van der Waals surface area contributed by atoms with Gasteiger partial charge in [0.1, 0.15) is 0 Å². The Morgan fingerprint density at radius 2 is 1.68 bits per heavy atom. The van der Waals surface area contributed by atoms with E-state index in [1.165, 1.54) is 18.2 Å². The molecule has 0 atom stereocenters. The third kappa shape index (κ3) is 2.71. The van der Waals surface area contributed by atoms with Crippen molar-refractivity contribution in [2.75, 3.05) is 5.32 Å². The SMILES string of the molecule is N#Cc1ccc(Nc2ccc(F)c(F)c2F)c(Br)c1. The van der Waals surface area contributed by atoms with E-state index in [2.05, 4.69) is 21.2 Å². The van der Waals surface area contributed by atoms with Gasteiger partial charge in [0.2, 0.25) is 0 Å². The summed E-state index contributed by atoms with van der Waals surface area (Å²) in [6, 6.07) is 8.45. The second-order valence-electron chi connectivity index (χ2n) is 3.65. The minimum atomic E-state index is -1.53. The van der Waals surface area contributed by atoms with Gasteiger partial charge in [-0.15, -0.1) is 0 Å². The molecule has 2 rings (SSSR count). The van der Waals surface area contributed by atoms with Crippen LogP contribution in [0, 0.1) is 28.8 Å². The lowest BCUT2D eigenvalue weighted by Crippen LogP contribution is -1.99. The number of hydrogen-bond acceptors (Lipinski definition) is 2. The highest BCUT2D eigenvalue weighted by atomic mass is 79.9. The van der Waals surface area contributed by atoms with E-state index in [1.807, 2.05) is 6.07 Å². The highest BCUT2D eigenvalue weighted by Crippen LogP contribution is 2.29. The normalized spacial score (nSPS) is 10.1. The lowest BCUT2D eigenvalue weighted by Gasteiger charge is -2.10. The van der Waals surface area contributed by atoms with Crippen molar-refractivity contribution in [3.05, 3.63) is 57.8 Å². The first-order chi connectivity index (χ1) is 9.02. The summed E-state index contributed by atoms with van der Waals surface area (Å²) in [5.41, 5.74) is 0.663. The average Bonchev–Trinajstić information content (AvgIpc) is 2.41. The van der Waals surface area contributed by atoms with Crippen LogP contribution in [0.4, 0.5) is 24.5 Å². The predicted octanol–water partition coefficient (Wildman–Crippen LogP) is 4.48. The van der Waals surface area contributed by atoms with E-state index in [1.54, 1.807) is 0 Å². The molecule has 0 saturated heterocycles. The van der Waals surface area contributed by atoms with Crippen molar-refractivity contribution in [2.24, 2.45) is 0 Å². The summed E-state index contributed by atoms with van der Waals surface area (Å²) in [6.07, 6.45) is 0. The lowest BCUT2D eigenvalue weighted by molar-refractivity contribution is 0.449. The van der Waals surface area contributed by atoms with Crippen molar-refractivity contribution in [2.45, 2.75) is 0 Å². The third-order valence-electron chi connectivity index (χ3n) is 2.40. The second-order valence-corrected chi connectivity index (χ2v) is 4.51. The monoisotopic (exact) mass is 326 g/mol. The largest absolute Gasteiger partial charge is 0.352 e. The van der Waals surface area contributed by atoms with Gasteiger partial charge in [0.15, 0.2) is 17.5 Å². The Balaban J connectivity index is 2.37. The number of anilines is 2. The van der Waals surface area contributed by atoms with Crippen LogP contribution in [0.5, 0.6) is 0 Å². The van der Waals surface area contributed by atoms with Crippen LogP contribution in [0.1, 0.15) is 5.56 Å². The summed E-state index contributed by atoms with van der Waals surface area (Å²) in [6.45, 7) is 0. The molecule has 0 aliphatic rings. The smallest absolute Gasteiger partial charge is 0.196 e. The molecular weight excluding hydrogens is 321 g/mol. The summed E-state index contributed by atoms with van der Waals surface area (Å²) in [5, 5.41) is 11.3. The van der Waals surface area contributed by atoms with Gasteiger partial charge in [-0.3, -0.25) is 0 Å². The second kappa shape index (κ2) is 5.33. The van der Waals surface area contributed by atoms with Gasteiger partial charge in [0, 0.05) is 4.47 Å². The molecular formula is C13H6BrF3N2. The summed E-state index contributed by atoms with van der Waals surface area (Å²) < 4.78 is 39.8. The van der Waals surface area contributed by atoms with Crippen molar-refractivity contribution in [1.29, 1.82) is 5.26 Å². The van der Waals surface area contributed by atoms with Crippen LogP contribution in [-0.2, 0) is 0 Å². The molecule has 1 N–H and O–H groups in total. The average molecular weight is 327 g/mol. The van der Waals surface area contributed by atoms with Gasteiger partial charge in [-0.25, -0.2) is 13.2 Å². The van der Waals surface area contributed by atoms with Crippen molar-refractivity contribution >= 4 is 27.3 Å². The molecule has 0 bridgehead atoms. The Hall–Kier alpha value is -2.00. The van der Waals surface area contributed by atoms with Crippen molar-refractivity contribution in [1.82, 2.24) is 0 Å². The Labute approximate surface area is 115 Å². The van der Waals surface area contributed by atoms with Gasteiger partial charge in [-0.2, -0.15) is 5.26 Å². The molecule has 6 heteroatoms. The molecule has 0 saturated carbocycles. The summed E-state index contributed by atoms with van der Waals surface area (Å²) in [5.74, 6) is -4.08. The predicted molar refractivity (Wildman–Crippen MR) is 68.5 cm³/mol. The van der Waals surface area contributed by atoms with E-state index in [0.29, 0.717) is 15.7 Å². The van der Waals surface area contributed by atoms with Crippen LogP contribution < -0.4 is 5.32 Å². The quantitative estimate of drug-likeness (QED) is 0.826. The fourth-order valence-corrected chi connectivity index (χ4v) is 1.93. The molecule has 0 radical (unpaired) electrons. The van der Waals surface area contributed by atoms with Gasteiger partial charge >= 0.3 is 0 Å². The molecule has 2 aromatic rings. The minimum absolute atomic E-state index is 0.190. The van der Waals surface area contributed by atoms with Crippen molar-refractivity contribution in [3.63, 3.8) is 0 Å². The Morgan fingerprint density at radius 3 is 2.32 bits per heavy atom. The summed E-state index contributed by atoms with van der Waals surface area (Å²) >= 11 is 3.20. The molecule has 0 amide bonds. The molecule has 0 unspecified atom stereocenters. The molecule has 2 nitrogen and oxygen atoms in total. The first-order valence-corrected chi connectivity index (χ1v) is 5.92. The number of benzene rings is 2. The number of halogens is 4. The molecule has 19 heavy (non-hydrogen) atoms. The fraction of sp³-hybridized carbons (Fsp3) is 0. The molecule has 0 aliphatic heterocycles. The Bertz CT molecular complexity index is 680. The highest BCUT2D eigenvalue weighted by Gasteiger charge is 2.14. The van der Waals surface area contributed by atoms with E-state index in [0.717, 1.165) is 12.1 Å². The van der Waals surface area contributed by atoms with Crippen LogP contribution >= 0.6 is 15.9 Å². The number of rotatable bonds is 2. The van der Waals surface area contributed by atoms with Crippen molar-refractivity contribution in [3.8, 4) is 6.07 Å². The van der Waals surface area contributed by atoms with E-state index in [9.17, 15) is 13.2 Å². The van der Waals surface area contributed by atoms with Crippen LogP contribution in [-0.4, -0.2) is 0 Å². The van der Waals surface area contributed by atoms with Gasteiger partial charge in [0.25, 0.3) is 0 Å². The molecule has 0 heterocycles. The maximum atomic E-state index is 13.5.